The lowest BCUT2D eigenvalue weighted by Gasteiger charge is -2.12. The van der Waals surface area contributed by atoms with E-state index in [-0.39, 0.29) is 16.8 Å². The van der Waals surface area contributed by atoms with Crippen LogP contribution in [-0.4, -0.2) is 15.3 Å². The predicted octanol–water partition coefficient (Wildman–Crippen LogP) is 0.564. The summed E-state index contributed by atoms with van der Waals surface area (Å²) in [5.74, 6) is 0. The highest BCUT2D eigenvalue weighted by atomic mass is 19.4. The number of hydrogen-bond donors (Lipinski definition) is 1. The standard InChI is InChI=1S/C9H12F3N3O2/c1-2-3-14-4-6(13)7(16)15(8(14)17)5-9(10,11)12/h4H,2-3,5,13H2,1H3. The van der Waals surface area contributed by atoms with Gasteiger partial charge in [0.1, 0.15) is 12.2 Å². The van der Waals surface area contributed by atoms with Crippen molar-refractivity contribution in [2.24, 2.45) is 0 Å². The molecule has 0 unspecified atom stereocenters. The summed E-state index contributed by atoms with van der Waals surface area (Å²) in [6, 6.07) is 0. The van der Waals surface area contributed by atoms with Crippen LogP contribution in [-0.2, 0) is 13.1 Å². The van der Waals surface area contributed by atoms with Crippen molar-refractivity contribution in [3.63, 3.8) is 0 Å². The monoisotopic (exact) mass is 251 g/mol. The Bertz CT molecular complexity index is 516. The highest BCUT2D eigenvalue weighted by molar-refractivity contribution is 5.30. The van der Waals surface area contributed by atoms with Crippen molar-refractivity contribution >= 4 is 5.69 Å². The fraction of sp³-hybridized carbons (Fsp3) is 0.556. The van der Waals surface area contributed by atoms with Gasteiger partial charge in [0.15, 0.2) is 0 Å². The number of alkyl halides is 3. The number of nitrogens with two attached hydrogens (primary N) is 1. The van der Waals surface area contributed by atoms with Gasteiger partial charge in [0.2, 0.25) is 0 Å². The maximum Gasteiger partial charge on any atom is 0.406 e. The number of anilines is 1. The van der Waals surface area contributed by atoms with Crippen molar-refractivity contribution < 1.29 is 13.2 Å². The summed E-state index contributed by atoms with van der Waals surface area (Å²) in [4.78, 5) is 22.9. The van der Waals surface area contributed by atoms with Crippen LogP contribution in [0, 0.1) is 0 Å². The molecule has 2 N–H and O–H groups in total. The average Bonchev–Trinajstić information content (AvgIpc) is 2.20. The zero-order valence-electron chi connectivity index (χ0n) is 9.12. The molecule has 0 aliphatic carbocycles. The van der Waals surface area contributed by atoms with Gasteiger partial charge in [-0.15, -0.1) is 0 Å². The lowest BCUT2D eigenvalue weighted by Crippen LogP contribution is -2.43. The summed E-state index contributed by atoms with van der Waals surface area (Å²) in [6.07, 6.45) is -3.02. The van der Waals surface area contributed by atoms with E-state index in [2.05, 4.69) is 0 Å². The molecule has 0 aromatic carbocycles. The molecule has 0 aliphatic rings. The van der Waals surface area contributed by atoms with Gasteiger partial charge in [-0.1, -0.05) is 6.92 Å². The number of hydrogen-bond acceptors (Lipinski definition) is 3. The molecule has 1 aromatic rings. The molecule has 17 heavy (non-hydrogen) atoms. The first kappa shape index (κ1) is 13.3. The quantitative estimate of drug-likeness (QED) is 0.853. The van der Waals surface area contributed by atoms with E-state index in [9.17, 15) is 22.8 Å². The van der Waals surface area contributed by atoms with Gasteiger partial charge in [-0.25, -0.2) is 9.36 Å². The number of nitrogen functional groups attached to an aromatic ring is 1. The van der Waals surface area contributed by atoms with E-state index in [0.717, 1.165) is 10.8 Å². The third kappa shape index (κ3) is 3.11. The van der Waals surface area contributed by atoms with Gasteiger partial charge >= 0.3 is 11.9 Å². The van der Waals surface area contributed by atoms with Crippen molar-refractivity contribution in [3.8, 4) is 0 Å². The van der Waals surface area contributed by atoms with Crippen molar-refractivity contribution in [1.82, 2.24) is 9.13 Å². The Morgan fingerprint density at radius 1 is 1.35 bits per heavy atom. The SMILES string of the molecule is CCCn1cc(N)c(=O)n(CC(F)(F)F)c1=O. The van der Waals surface area contributed by atoms with Gasteiger partial charge in [-0.3, -0.25) is 9.36 Å². The molecule has 1 rings (SSSR count). The Morgan fingerprint density at radius 2 is 1.94 bits per heavy atom. The highest BCUT2D eigenvalue weighted by Gasteiger charge is 2.30. The fourth-order valence-electron chi connectivity index (χ4n) is 1.40. The van der Waals surface area contributed by atoms with Gasteiger partial charge < -0.3 is 5.73 Å². The average molecular weight is 251 g/mol. The maximum atomic E-state index is 12.2. The largest absolute Gasteiger partial charge is 0.406 e. The van der Waals surface area contributed by atoms with E-state index in [1.54, 1.807) is 6.92 Å². The molecule has 96 valence electrons. The van der Waals surface area contributed by atoms with Gasteiger partial charge in [0, 0.05) is 12.7 Å². The third-order valence-electron chi connectivity index (χ3n) is 2.07. The van der Waals surface area contributed by atoms with Crippen LogP contribution in [0.2, 0.25) is 0 Å². The Hall–Kier alpha value is -1.73. The van der Waals surface area contributed by atoms with Gasteiger partial charge in [-0.05, 0) is 6.42 Å². The Balaban J connectivity index is 3.37. The first-order chi connectivity index (χ1) is 7.76. The topological polar surface area (TPSA) is 70.0 Å². The van der Waals surface area contributed by atoms with Crippen LogP contribution in [0.15, 0.2) is 15.8 Å². The molecule has 1 heterocycles. The fourth-order valence-corrected chi connectivity index (χ4v) is 1.40. The van der Waals surface area contributed by atoms with Gasteiger partial charge in [0.25, 0.3) is 5.56 Å². The number of halogens is 3. The first-order valence-corrected chi connectivity index (χ1v) is 4.92. The predicted molar refractivity (Wildman–Crippen MR) is 55.7 cm³/mol. The van der Waals surface area contributed by atoms with E-state index < -0.39 is 24.0 Å². The summed E-state index contributed by atoms with van der Waals surface area (Å²) in [7, 11) is 0. The van der Waals surface area contributed by atoms with Crippen molar-refractivity contribution in [3.05, 3.63) is 27.0 Å². The lowest BCUT2D eigenvalue weighted by molar-refractivity contribution is -0.142. The van der Waals surface area contributed by atoms with Crippen LogP contribution in [0.1, 0.15) is 13.3 Å². The molecule has 0 amide bonds. The normalized spacial score (nSPS) is 11.8. The maximum absolute atomic E-state index is 12.2. The van der Waals surface area contributed by atoms with Crippen molar-refractivity contribution in [2.45, 2.75) is 32.6 Å². The molecule has 8 heteroatoms. The first-order valence-electron chi connectivity index (χ1n) is 4.92. The second-order valence-electron chi connectivity index (χ2n) is 3.57. The van der Waals surface area contributed by atoms with Gasteiger partial charge in [-0.2, -0.15) is 13.2 Å². The highest BCUT2D eigenvalue weighted by Crippen LogP contribution is 2.15. The molecule has 0 radical (unpaired) electrons. The van der Waals surface area contributed by atoms with Crippen molar-refractivity contribution in [1.29, 1.82) is 0 Å². The molecule has 0 atom stereocenters. The summed E-state index contributed by atoms with van der Waals surface area (Å²) < 4.78 is 37.7. The third-order valence-corrected chi connectivity index (χ3v) is 2.07. The Morgan fingerprint density at radius 3 is 2.41 bits per heavy atom. The van der Waals surface area contributed by atoms with E-state index in [1.807, 2.05) is 0 Å². The van der Waals surface area contributed by atoms with E-state index in [0.29, 0.717) is 6.42 Å². The van der Waals surface area contributed by atoms with Crippen LogP contribution in [0.4, 0.5) is 18.9 Å². The van der Waals surface area contributed by atoms with Crippen LogP contribution < -0.4 is 17.0 Å². The smallest absolute Gasteiger partial charge is 0.393 e. The molecule has 0 fully saturated rings. The number of rotatable bonds is 3. The zero-order chi connectivity index (χ0) is 13.2. The van der Waals surface area contributed by atoms with E-state index in [4.69, 9.17) is 5.73 Å². The molecule has 0 saturated carbocycles. The summed E-state index contributed by atoms with van der Waals surface area (Å²) in [5.41, 5.74) is 2.80. The van der Waals surface area contributed by atoms with Crippen LogP contribution >= 0.6 is 0 Å². The molecule has 5 nitrogen and oxygen atoms in total. The second kappa shape index (κ2) is 4.64. The van der Waals surface area contributed by atoms with E-state index in [1.165, 1.54) is 0 Å². The number of aryl methyl sites for hydroxylation is 1. The molecular formula is C9H12F3N3O2. The minimum absolute atomic E-state index is 0.102. The molecule has 0 spiro atoms. The summed E-state index contributed by atoms with van der Waals surface area (Å²) >= 11 is 0. The summed E-state index contributed by atoms with van der Waals surface area (Å²) in [6.45, 7) is 0.336. The minimum atomic E-state index is -4.64. The number of nitrogens with zero attached hydrogens (tertiary/aromatic N) is 2. The second-order valence-corrected chi connectivity index (χ2v) is 3.57. The lowest BCUT2D eigenvalue weighted by atomic mass is 10.4. The van der Waals surface area contributed by atoms with E-state index >= 15 is 0 Å². The Labute approximate surface area is 94.3 Å². The molecule has 1 aromatic heterocycles. The number of aromatic nitrogens is 2. The zero-order valence-corrected chi connectivity index (χ0v) is 9.12. The summed E-state index contributed by atoms with van der Waals surface area (Å²) in [5, 5.41) is 0. The van der Waals surface area contributed by atoms with Crippen molar-refractivity contribution in [2.75, 3.05) is 5.73 Å². The van der Waals surface area contributed by atoms with Crippen LogP contribution in [0.3, 0.4) is 0 Å². The van der Waals surface area contributed by atoms with Crippen LogP contribution in [0.25, 0.3) is 0 Å². The van der Waals surface area contributed by atoms with Gasteiger partial charge in [0.05, 0.1) is 0 Å². The molecule has 0 aliphatic heterocycles. The Kier molecular flexibility index (Phi) is 3.64. The van der Waals surface area contributed by atoms with Crippen LogP contribution in [0.5, 0.6) is 0 Å². The minimum Gasteiger partial charge on any atom is -0.393 e. The molecule has 0 saturated heterocycles. The molecular weight excluding hydrogens is 239 g/mol. The molecule has 0 bridgehead atoms.